The van der Waals surface area contributed by atoms with E-state index in [0.29, 0.717) is 10.9 Å². The van der Waals surface area contributed by atoms with Crippen molar-refractivity contribution in [1.29, 1.82) is 0 Å². The highest BCUT2D eigenvalue weighted by molar-refractivity contribution is 9.08. The largest absolute Gasteiger partial charge is 0.394 e. The molecule has 1 fully saturated rings. The molecule has 1 aliphatic heterocycles. The molecule has 0 saturated carbocycles. The molecule has 0 amide bonds. The smallest absolute Gasteiger partial charge is 0.330 e. The minimum Gasteiger partial charge on any atom is -0.394 e. The first kappa shape index (κ1) is 13.5. The first-order chi connectivity index (χ1) is 8.56. The SMILES string of the molecule is O=c1[nH]c(=O)n(C2CC(O)[C@@H](CO)O2)cc1CBr. The van der Waals surface area contributed by atoms with Crippen LogP contribution in [0.3, 0.4) is 0 Å². The number of nitrogens with one attached hydrogen (secondary N) is 1. The van der Waals surface area contributed by atoms with E-state index in [0.717, 1.165) is 0 Å². The summed E-state index contributed by atoms with van der Waals surface area (Å²) in [6.45, 7) is -0.318. The van der Waals surface area contributed by atoms with Crippen LogP contribution in [0.15, 0.2) is 15.8 Å². The van der Waals surface area contributed by atoms with E-state index in [1.54, 1.807) is 0 Å². The lowest BCUT2D eigenvalue weighted by atomic mass is 10.2. The lowest BCUT2D eigenvalue weighted by Crippen LogP contribution is -2.34. The summed E-state index contributed by atoms with van der Waals surface area (Å²) in [5, 5.41) is 18.9. The fourth-order valence-electron chi connectivity index (χ4n) is 1.89. The average Bonchev–Trinajstić information content (AvgIpc) is 2.70. The molecule has 0 radical (unpaired) electrons. The van der Waals surface area contributed by atoms with Crippen molar-refractivity contribution in [2.45, 2.75) is 30.2 Å². The molecule has 1 aromatic heterocycles. The lowest BCUT2D eigenvalue weighted by Gasteiger charge is -2.14. The van der Waals surface area contributed by atoms with Crippen LogP contribution in [0.1, 0.15) is 18.2 Å². The number of aliphatic hydroxyl groups excluding tert-OH is 2. The van der Waals surface area contributed by atoms with Crippen LogP contribution in [0, 0.1) is 0 Å². The van der Waals surface area contributed by atoms with Crippen LogP contribution < -0.4 is 11.2 Å². The molecule has 1 saturated heterocycles. The summed E-state index contributed by atoms with van der Waals surface area (Å²) in [4.78, 5) is 25.2. The summed E-state index contributed by atoms with van der Waals surface area (Å²) in [6, 6.07) is 0. The molecule has 100 valence electrons. The van der Waals surface area contributed by atoms with Gasteiger partial charge in [-0.3, -0.25) is 14.3 Å². The number of alkyl halides is 1. The number of aromatic nitrogens is 2. The maximum Gasteiger partial charge on any atom is 0.330 e. The van der Waals surface area contributed by atoms with Crippen molar-refractivity contribution >= 4 is 15.9 Å². The Kier molecular flexibility index (Phi) is 4.00. The molecular weight excluding hydrogens is 308 g/mol. The van der Waals surface area contributed by atoms with Crippen LogP contribution in [0.5, 0.6) is 0 Å². The van der Waals surface area contributed by atoms with E-state index >= 15 is 0 Å². The monoisotopic (exact) mass is 320 g/mol. The first-order valence-electron chi connectivity index (χ1n) is 5.41. The average molecular weight is 321 g/mol. The van der Waals surface area contributed by atoms with Gasteiger partial charge in [0.15, 0.2) is 0 Å². The van der Waals surface area contributed by atoms with E-state index in [1.807, 2.05) is 0 Å². The normalized spacial score (nSPS) is 27.6. The predicted octanol–water partition coefficient (Wildman–Crippen LogP) is -0.928. The van der Waals surface area contributed by atoms with Crippen LogP contribution in [0.4, 0.5) is 0 Å². The maximum absolute atomic E-state index is 11.7. The third kappa shape index (κ3) is 2.41. The molecule has 0 aliphatic carbocycles. The second-order valence-electron chi connectivity index (χ2n) is 4.07. The summed E-state index contributed by atoms with van der Waals surface area (Å²) in [7, 11) is 0. The second kappa shape index (κ2) is 5.35. The van der Waals surface area contributed by atoms with Gasteiger partial charge in [0.1, 0.15) is 12.3 Å². The number of ether oxygens (including phenoxy) is 1. The van der Waals surface area contributed by atoms with Gasteiger partial charge in [-0.1, -0.05) is 15.9 Å². The Labute approximate surface area is 110 Å². The Morgan fingerprint density at radius 2 is 2.28 bits per heavy atom. The number of rotatable bonds is 3. The molecular formula is C10H13BrN2O5. The van der Waals surface area contributed by atoms with Gasteiger partial charge in [0.25, 0.3) is 5.56 Å². The summed E-state index contributed by atoms with van der Waals surface area (Å²) < 4.78 is 6.57. The fraction of sp³-hybridized carbons (Fsp3) is 0.600. The van der Waals surface area contributed by atoms with Crippen LogP contribution >= 0.6 is 15.9 Å². The van der Waals surface area contributed by atoms with Crippen molar-refractivity contribution < 1.29 is 14.9 Å². The Bertz CT molecular complexity index is 540. The summed E-state index contributed by atoms with van der Waals surface area (Å²) in [6.07, 6.45) is -0.627. The zero-order valence-electron chi connectivity index (χ0n) is 9.38. The van der Waals surface area contributed by atoms with Gasteiger partial charge in [-0.2, -0.15) is 0 Å². The first-order valence-corrected chi connectivity index (χ1v) is 6.53. The van der Waals surface area contributed by atoms with Crippen LogP contribution in [-0.2, 0) is 10.1 Å². The van der Waals surface area contributed by atoms with E-state index < -0.39 is 29.7 Å². The van der Waals surface area contributed by atoms with E-state index in [4.69, 9.17) is 9.84 Å². The van der Waals surface area contributed by atoms with Crippen molar-refractivity contribution in [3.05, 3.63) is 32.6 Å². The second-order valence-corrected chi connectivity index (χ2v) is 4.63. The Morgan fingerprint density at radius 3 is 2.83 bits per heavy atom. The van der Waals surface area contributed by atoms with Crippen LogP contribution in [0.2, 0.25) is 0 Å². The molecule has 2 unspecified atom stereocenters. The number of H-pyrrole nitrogens is 1. The summed E-state index contributed by atoms with van der Waals surface area (Å²) in [5.41, 5.74) is -0.661. The molecule has 2 heterocycles. The fourth-order valence-corrected chi connectivity index (χ4v) is 2.29. The molecule has 3 atom stereocenters. The highest BCUT2D eigenvalue weighted by atomic mass is 79.9. The number of hydrogen-bond donors (Lipinski definition) is 3. The summed E-state index contributed by atoms with van der Waals surface area (Å²) >= 11 is 3.15. The minimum atomic E-state index is -0.828. The Hall–Kier alpha value is -0.960. The van der Waals surface area contributed by atoms with Gasteiger partial charge in [0.05, 0.1) is 12.7 Å². The zero-order valence-corrected chi connectivity index (χ0v) is 11.0. The van der Waals surface area contributed by atoms with E-state index in [1.165, 1.54) is 10.8 Å². The molecule has 1 aliphatic rings. The molecule has 0 bridgehead atoms. The number of hydrogen-bond acceptors (Lipinski definition) is 5. The standard InChI is InChI=1S/C10H13BrN2O5/c11-2-5-3-13(10(17)12-9(5)16)8-1-6(15)7(4-14)18-8/h3,6-8,14-15H,1-2,4H2,(H,12,16,17)/t6?,7-,8?/m1/s1. The van der Waals surface area contributed by atoms with Gasteiger partial charge in [-0.25, -0.2) is 4.79 Å². The lowest BCUT2D eigenvalue weighted by molar-refractivity contribution is -0.0459. The highest BCUT2D eigenvalue weighted by Gasteiger charge is 2.35. The highest BCUT2D eigenvalue weighted by Crippen LogP contribution is 2.27. The molecule has 18 heavy (non-hydrogen) atoms. The topological polar surface area (TPSA) is 105 Å². The van der Waals surface area contributed by atoms with E-state index in [2.05, 4.69) is 20.9 Å². The molecule has 0 aromatic carbocycles. The van der Waals surface area contributed by atoms with Crippen molar-refractivity contribution in [3.63, 3.8) is 0 Å². The van der Waals surface area contributed by atoms with Crippen molar-refractivity contribution in [2.24, 2.45) is 0 Å². The number of nitrogens with zero attached hydrogens (tertiary/aromatic N) is 1. The molecule has 2 rings (SSSR count). The van der Waals surface area contributed by atoms with Gasteiger partial charge >= 0.3 is 5.69 Å². The molecule has 7 nitrogen and oxygen atoms in total. The molecule has 1 aromatic rings. The third-order valence-electron chi connectivity index (χ3n) is 2.88. The molecule has 3 N–H and O–H groups in total. The van der Waals surface area contributed by atoms with Gasteiger partial charge in [0, 0.05) is 23.5 Å². The minimum absolute atomic E-state index is 0.193. The quantitative estimate of drug-likeness (QED) is 0.624. The van der Waals surface area contributed by atoms with Gasteiger partial charge in [-0.05, 0) is 0 Å². The number of halogens is 1. The zero-order chi connectivity index (χ0) is 13.3. The third-order valence-corrected chi connectivity index (χ3v) is 3.48. The summed E-state index contributed by atoms with van der Waals surface area (Å²) in [5.74, 6) is 0. The van der Waals surface area contributed by atoms with E-state index in [9.17, 15) is 14.7 Å². The van der Waals surface area contributed by atoms with Crippen LogP contribution in [0.25, 0.3) is 0 Å². The van der Waals surface area contributed by atoms with E-state index in [-0.39, 0.29) is 13.0 Å². The van der Waals surface area contributed by atoms with Gasteiger partial charge in [-0.15, -0.1) is 0 Å². The maximum atomic E-state index is 11.7. The Balaban J connectivity index is 2.35. The van der Waals surface area contributed by atoms with Crippen molar-refractivity contribution in [1.82, 2.24) is 9.55 Å². The Morgan fingerprint density at radius 1 is 1.56 bits per heavy atom. The molecule has 8 heteroatoms. The number of aromatic amines is 1. The molecule has 0 spiro atoms. The predicted molar refractivity (Wildman–Crippen MR) is 65.6 cm³/mol. The number of aliphatic hydroxyl groups is 2. The van der Waals surface area contributed by atoms with Gasteiger partial charge in [0.2, 0.25) is 0 Å². The van der Waals surface area contributed by atoms with Crippen molar-refractivity contribution in [3.8, 4) is 0 Å². The van der Waals surface area contributed by atoms with Crippen molar-refractivity contribution in [2.75, 3.05) is 6.61 Å². The van der Waals surface area contributed by atoms with Gasteiger partial charge < -0.3 is 14.9 Å². The van der Waals surface area contributed by atoms with Crippen LogP contribution in [-0.4, -0.2) is 38.6 Å².